The van der Waals surface area contributed by atoms with Crippen molar-refractivity contribution in [1.29, 1.82) is 0 Å². The van der Waals surface area contributed by atoms with Gasteiger partial charge in [0, 0.05) is 27.9 Å². The average molecular weight is 538 g/mol. The van der Waals surface area contributed by atoms with Gasteiger partial charge < -0.3 is 15.2 Å². The van der Waals surface area contributed by atoms with E-state index >= 15 is 0 Å². The molecular formula is C18H24Br3N3O. The maximum absolute atomic E-state index is 12.4. The van der Waals surface area contributed by atoms with Crippen LogP contribution in [0.1, 0.15) is 25.8 Å². The summed E-state index contributed by atoms with van der Waals surface area (Å²) in [6.45, 7) is 4.81. The van der Waals surface area contributed by atoms with Crippen molar-refractivity contribution in [1.82, 2.24) is 15.2 Å². The Morgan fingerprint density at radius 3 is 2.48 bits per heavy atom. The van der Waals surface area contributed by atoms with Gasteiger partial charge in [-0.25, -0.2) is 0 Å². The Morgan fingerprint density at radius 2 is 1.88 bits per heavy atom. The Labute approximate surface area is 174 Å². The molecule has 1 amide bonds. The van der Waals surface area contributed by atoms with Gasteiger partial charge in [0.05, 0.1) is 16.2 Å². The van der Waals surface area contributed by atoms with Crippen LogP contribution in [0, 0.1) is 5.92 Å². The Kier molecular flexibility index (Phi) is 7.55. The number of nitrogens with one attached hydrogen (secondary N) is 2. The van der Waals surface area contributed by atoms with Crippen LogP contribution in [-0.2, 0) is 18.3 Å². The maximum Gasteiger partial charge on any atom is 0.237 e. The summed E-state index contributed by atoms with van der Waals surface area (Å²) < 4.78 is 5.22. The second-order valence-electron chi connectivity index (χ2n) is 6.30. The maximum atomic E-state index is 12.4. The Balaban J connectivity index is 2.15. The second-order valence-corrected chi connectivity index (χ2v) is 8.76. The molecule has 0 bridgehead atoms. The molecule has 2 rings (SSSR count). The van der Waals surface area contributed by atoms with Gasteiger partial charge in [0.15, 0.2) is 0 Å². The summed E-state index contributed by atoms with van der Waals surface area (Å²) in [5.41, 5.74) is 2.35. The first kappa shape index (κ1) is 20.9. The van der Waals surface area contributed by atoms with E-state index < -0.39 is 0 Å². The van der Waals surface area contributed by atoms with E-state index in [9.17, 15) is 4.79 Å². The number of amides is 1. The van der Waals surface area contributed by atoms with Crippen LogP contribution >= 0.6 is 47.8 Å². The molecule has 0 radical (unpaired) electrons. The van der Waals surface area contributed by atoms with Crippen LogP contribution in [0.4, 0.5) is 0 Å². The van der Waals surface area contributed by atoms with E-state index in [0.717, 1.165) is 31.9 Å². The molecule has 25 heavy (non-hydrogen) atoms. The van der Waals surface area contributed by atoms with E-state index in [1.54, 1.807) is 0 Å². The molecule has 0 spiro atoms. The van der Waals surface area contributed by atoms with Gasteiger partial charge in [0.1, 0.15) is 0 Å². The van der Waals surface area contributed by atoms with Crippen molar-refractivity contribution in [3.8, 4) is 0 Å². The quantitative estimate of drug-likeness (QED) is 0.535. The molecule has 1 aromatic heterocycles. The third-order valence-corrected chi connectivity index (χ3v) is 7.60. The molecule has 0 saturated heterocycles. The predicted octanol–water partition coefficient (Wildman–Crippen LogP) is 4.76. The predicted molar refractivity (Wildman–Crippen MR) is 115 cm³/mol. The number of hydrogen-bond donors (Lipinski definition) is 2. The average Bonchev–Trinajstić information content (AvgIpc) is 2.80. The van der Waals surface area contributed by atoms with Gasteiger partial charge >= 0.3 is 0 Å². The zero-order valence-corrected chi connectivity index (χ0v) is 19.7. The number of nitrogens with zero attached hydrogens (tertiary/aromatic N) is 1. The van der Waals surface area contributed by atoms with E-state index in [0.29, 0.717) is 12.5 Å². The normalized spacial score (nSPS) is 13.9. The van der Waals surface area contributed by atoms with Gasteiger partial charge in [-0.1, -0.05) is 20.3 Å². The zero-order chi connectivity index (χ0) is 18.7. The highest BCUT2D eigenvalue weighted by Gasteiger charge is 2.22. The number of fused-ring (bicyclic) bond motifs is 1. The Morgan fingerprint density at radius 1 is 1.24 bits per heavy atom. The first-order chi connectivity index (χ1) is 11.8. The summed E-state index contributed by atoms with van der Waals surface area (Å²) in [5.74, 6) is 0.375. The highest BCUT2D eigenvalue weighted by Crippen LogP contribution is 2.35. The van der Waals surface area contributed by atoms with Crippen LogP contribution in [0.15, 0.2) is 25.7 Å². The largest absolute Gasteiger partial charge is 0.354 e. The molecule has 2 N–H and O–H groups in total. The number of carbonyl (C=O) groups excluding carboxylic acids is 1. The number of benzene rings is 1. The van der Waals surface area contributed by atoms with Crippen molar-refractivity contribution in [3.05, 3.63) is 31.2 Å². The van der Waals surface area contributed by atoms with Gasteiger partial charge in [-0.05, 0) is 84.9 Å². The van der Waals surface area contributed by atoms with E-state index in [1.165, 1.54) is 10.9 Å². The summed E-state index contributed by atoms with van der Waals surface area (Å²) in [6, 6.07) is 4.08. The molecule has 2 aromatic rings. The molecule has 0 aliphatic rings. The van der Waals surface area contributed by atoms with Crippen molar-refractivity contribution in [2.75, 3.05) is 13.6 Å². The van der Waals surface area contributed by atoms with Crippen LogP contribution in [0.3, 0.4) is 0 Å². The third-order valence-electron chi connectivity index (χ3n) is 4.75. The van der Waals surface area contributed by atoms with Gasteiger partial charge in [0.2, 0.25) is 5.91 Å². The highest BCUT2D eigenvalue weighted by molar-refractivity contribution is 9.13. The molecule has 2 unspecified atom stereocenters. The van der Waals surface area contributed by atoms with Gasteiger partial charge in [0.25, 0.3) is 0 Å². The number of halogens is 3. The minimum Gasteiger partial charge on any atom is -0.354 e. The van der Waals surface area contributed by atoms with Crippen LogP contribution in [-0.4, -0.2) is 30.1 Å². The van der Waals surface area contributed by atoms with Gasteiger partial charge in [-0.15, -0.1) is 0 Å². The van der Waals surface area contributed by atoms with Crippen LogP contribution in [0.2, 0.25) is 0 Å². The first-order valence-corrected chi connectivity index (χ1v) is 10.8. The molecule has 138 valence electrons. The molecule has 2 atom stereocenters. The summed E-state index contributed by atoms with van der Waals surface area (Å²) >= 11 is 10.8. The van der Waals surface area contributed by atoms with Crippen LogP contribution < -0.4 is 10.6 Å². The smallest absolute Gasteiger partial charge is 0.237 e. The fourth-order valence-electron chi connectivity index (χ4n) is 3.04. The van der Waals surface area contributed by atoms with E-state index in [2.05, 4.69) is 89.0 Å². The van der Waals surface area contributed by atoms with E-state index in [1.807, 2.05) is 14.1 Å². The van der Waals surface area contributed by atoms with Gasteiger partial charge in [-0.3, -0.25) is 4.79 Å². The fraction of sp³-hybridized carbons (Fsp3) is 0.500. The number of likely N-dealkylation sites (N-methyl/N-ethyl adjacent to an activating group) is 1. The molecule has 4 nitrogen and oxygen atoms in total. The Hall–Kier alpha value is -0.370. The lowest BCUT2D eigenvalue weighted by molar-refractivity contribution is -0.124. The third kappa shape index (κ3) is 4.49. The molecule has 1 heterocycles. The molecule has 0 aliphatic carbocycles. The lowest BCUT2D eigenvalue weighted by Crippen LogP contribution is -2.47. The second kappa shape index (κ2) is 9.02. The standard InChI is InChI=1S/C18H24Br3N3O/c1-5-10(2)16(22-3)18(25)23-7-6-11-12-8-13(19)14(20)9-15(12)24(4)17(11)21/h8-10,16,22H,5-7H2,1-4H3,(H,23,25). The number of hydrogen-bond acceptors (Lipinski definition) is 2. The van der Waals surface area contributed by atoms with E-state index in [4.69, 9.17) is 0 Å². The molecular weight excluding hydrogens is 514 g/mol. The zero-order valence-electron chi connectivity index (χ0n) is 14.9. The molecule has 0 saturated carbocycles. The monoisotopic (exact) mass is 535 g/mol. The first-order valence-electron chi connectivity index (χ1n) is 8.38. The van der Waals surface area contributed by atoms with Gasteiger partial charge in [-0.2, -0.15) is 0 Å². The highest BCUT2D eigenvalue weighted by atomic mass is 79.9. The molecule has 0 aliphatic heterocycles. The number of rotatable bonds is 7. The van der Waals surface area contributed by atoms with Crippen molar-refractivity contribution in [3.63, 3.8) is 0 Å². The van der Waals surface area contributed by atoms with Crippen LogP contribution in [0.5, 0.6) is 0 Å². The number of aromatic nitrogens is 1. The summed E-state index contributed by atoms with van der Waals surface area (Å²) in [7, 11) is 3.88. The lowest BCUT2D eigenvalue weighted by Gasteiger charge is -2.21. The minimum absolute atomic E-state index is 0.0668. The minimum atomic E-state index is -0.147. The van der Waals surface area contributed by atoms with Crippen molar-refractivity contribution < 1.29 is 4.79 Å². The van der Waals surface area contributed by atoms with Crippen molar-refractivity contribution in [2.45, 2.75) is 32.7 Å². The topological polar surface area (TPSA) is 46.1 Å². The van der Waals surface area contributed by atoms with Crippen molar-refractivity contribution in [2.24, 2.45) is 13.0 Å². The lowest BCUT2D eigenvalue weighted by atomic mass is 9.98. The summed E-state index contributed by atoms with van der Waals surface area (Å²) in [4.78, 5) is 12.4. The van der Waals surface area contributed by atoms with Crippen LogP contribution in [0.25, 0.3) is 10.9 Å². The van der Waals surface area contributed by atoms with E-state index in [-0.39, 0.29) is 11.9 Å². The fourth-order valence-corrected chi connectivity index (χ4v) is 4.32. The number of aryl methyl sites for hydroxylation is 1. The summed E-state index contributed by atoms with van der Waals surface area (Å²) in [6.07, 6.45) is 1.74. The SMILES string of the molecule is CCC(C)C(NC)C(=O)NCCc1c(Br)n(C)c2cc(Br)c(Br)cc12. The van der Waals surface area contributed by atoms with Crippen molar-refractivity contribution >= 4 is 64.6 Å². The molecule has 7 heteroatoms. The number of carbonyl (C=O) groups is 1. The molecule has 1 aromatic carbocycles. The summed E-state index contributed by atoms with van der Waals surface area (Å²) in [5, 5.41) is 7.38. The molecule has 0 fully saturated rings. The Bertz CT molecular complexity index is 773.